The fourth-order valence-electron chi connectivity index (χ4n) is 4.35. The highest BCUT2D eigenvalue weighted by Gasteiger charge is 2.26. The number of rotatable bonds is 5. The van der Waals surface area contributed by atoms with Gasteiger partial charge < -0.3 is 20.3 Å². The lowest BCUT2D eigenvalue weighted by atomic mass is 9.93. The fraction of sp³-hybridized carbons (Fsp3) is 0.292. The van der Waals surface area contributed by atoms with Crippen LogP contribution in [0.4, 0.5) is 10.2 Å². The van der Waals surface area contributed by atoms with Crippen LogP contribution in [0.2, 0.25) is 0 Å². The van der Waals surface area contributed by atoms with E-state index in [1.807, 2.05) is 16.8 Å². The third kappa shape index (κ3) is 3.95. The molecular weight excluding hydrogens is 425 g/mol. The van der Waals surface area contributed by atoms with Gasteiger partial charge in [-0.2, -0.15) is 9.49 Å². The maximum Gasteiger partial charge on any atom is 0.207 e. The van der Waals surface area contributed by atoms with Crippen molar-refractivity contribution in [2.24, 2.45) is 0 Å². The van der Waals surface area contributed by atoms with Gasteiger partial charge >= 0.3 is 0 Å². The number of aliphatic hydroxyl groups is 1. The van der Waals surface area contributed by atoms with Crippen molar-refractivity contribution >= 4 is 16.9 Å². The number of aromatic nitrogens is 4. The van der Waals surface area contributed by atoms with Crippen LogP contribution in [0.25, 0.3) is 22.3 Å². The number of hydrogen-bond acceptors (Lipinski definition) is 7. The van der Waals surface area contributed by atoms with E-state index in [2.05, 4.69) is 9.97 Å². The van der Waals surface area contributed by atoms with Gasteiger partial charge in [-0.1, -0.05) is 6.07 Å². The second kappa shape index (κ2) is 8.67. The van der Waals surface area contributed by atoms with E-state index in [0.29, 0.717) is 34.7 Å². The van der Waals surface area contributed by atoms with Gasteiger partial charge in [-0.15, -0.1) is 0 Å². The number of nitrogens with two attached hydrogens (primary N) is 1. The van der Waals surface area contributed by atoms with Crippen LogP contribution in [0.5, 0.6) is 17.2 Å². The number of nitrogen functional groups attached to an aromatic ring is 1. The molecule has 1 saturated carbocycles. The number of nitrogens with zero attached hydrogens (tertiary/aromatic N) is 4. The average molecular weight is 449 g/mol. The molecule has 4 aromatic rings. The summed E-state index contributed by atoms with van der Waals surface area (Å²) >= 11 is 0. The Morgan fingerprint density at radius 1 is 1.09 bits per heavy atom. The van der Waals surface area contributed by atoms with E-state index in [-0.39, 0.29) is 23.6 Å². The zero-order valence-corrected chi connectivity index (χ0v) is 18.1. The molecule has 2 unspecified atom stereocenters. The monoisotopic (exact) mass is 449 g/mol. The molecule has 2 atom stereocenters. The van der Waals surface area contributed by atoms with Crippen molar-refractivity contribution in [2.75, 3.05) is 12.8 Å². The van der Waals surface area contributed by atoms with Crippen molar-refractivity contribution in [1.82, 2.24) is 19.7 Å². The summed E-state index contributed by atoms with van der Waals surface area (Å²) in [5.74, 6) is 0.439. The van der Waals surface area contributed by atoms with Gasteiger partial charge in [0.1, 0.15) is 23.6 Å². The molecule has 0 bridgehead atoms. The Bertz CT molecular complexity index is 1290. The first-order chi connectivity index (χ1) is 16.0. The second-order valence-electron chi connectivity index (χ2n) is 8.12. The minimum atomic E-state index is -0.562. The molecule has 2 aromatic heterocycles. The van der Waals surface area contributed by atoms with E-state index in [1.54, 1.807) is 18.2 Å². The highest BCUT2D eigenvalue weighted by molar-refractivity contribution is 5.98. The van der Waals surface area contributed by atoms with Gasteiger partial charge in [-0.05, 0) is 62.1 Å². The number of ether oxygens (including phenoxy) is 2. The predicted molar refractivity (Wildman–Crippen MR) is 122 cm³/mol. The largest absolute Gasteiger partial charge is 0.494 e. The van der Waals surface area contributed by atoms with Crippen molar-refractivity contribution in [1.29, 1.82) is 0 Å². The summed E-state index contributed by atoms with van der Waals surface area (Å²) in [5, 5.41) is 15.7. The van der Waals surface area contributed by atoms with Gasteiger partial charge in [-0.25, -0.2) is 14.6 Å². The minimum Gasteiger partial charge on any atom is -0.494 e. The molecule has 170 valence electrons. The highest BCUT2D eigenvalue weighted by atomic mass is 19.1. The number of methoxy groups -OCH3 is 1. The molecular formula is C24H24FN5O3. The fourth-order valence-corrected chi connectivity index (χ4v) is 4.35. The van der Waals surface area contributed by atoms with E-state index < -0.39 is 5.82 Å². The summed E-state index contributed by atoms with van der Waals surface area (Å²) in [7, 11) is 1.41. The molecule has 1 aliphatic carbocycles. The lowest BCUT2D eigenvalue weighted by molar-refractivity contribution is 0.101. The molecule has 3 N–H and O–H groups in total. The predicted octanol–water partition coefficient (Wildman–Crippen LogP) is 4.49. The Kier molecular flexibility index (Phi) is 5.55. The van der Waals surface area contributed by atoms with Gasteiger partial charge in [-0.3, -0.25) is 0 Å². The van der Waals surface area contributed by atoms with E-state index in [1.165, 1.54) is 25.6 Å². The molecule has 2 aromatic carbocycles. The summed E-state index contributed by atoms with van der Waals surface area (Å²) in [5.41, 5.74) is 8.31. The van der Waals surface area contributed by atoms with Crippen LogP contribution in [0.15, 0.2) is 48.8 Å². The topological polar surface area (TPSA) is 108 Å². The summed E-state index contributed by atoms with van der Waals surface area (Å²) in [6.45, 7) is 0. The smallest absolute Gasteiger partial charge is 0.207 e. The lowest BCUT2D eigenvalue weighted by Gasteiger charge is -2.26. The molecule has 9 heteroatoms. The molecule has 1 fully saturated rings. The molecule has 0 amide bonds. The SMILES string of the molecule is COc1cccc(Oc2ccc(-c3nn(C4CCCC(O)C4)c4ncnc(N)c34)cc2)c1F. The van der Waals surface area contributed by atoms with Crippen LogP contribution in [0.3, 0.4) is 0 Å². The third-order valence-corrected chi connectivity index (χ3v) is 5.99. The van der Waals surface area contributed by atoms with E-state index in [9.17, 15) is 9.50 Å². The maximum absolute atomic E-state index is 14.4. The number of fused-ring (bicyclic) bond motifs is 1. The van der Waals surface area contributed by atoms with E-state index >= 15 is 0 Å². The zero-order valence-electron chi connectivity index (χ0n) is 18.1. The molecule has 0 spiro atoms. The number of anilines is 1. The number of benzene rings is 2. The zero-order chi connectivity index (χ0) is 22.9. The van der Waals surface area contributed by atoms with Gasteiger partial charge in [0.05, 0.1) is 24.6 Å². The standard InChI is InChI=1S/C24H24FN5O3/c1-32-18-6-3-7-19(21(18)25)33-17-10-8-14(9-11-17)22-20-23(26)27-13-28-24(20)30(29-22)15-4-2-5-16(31)12-15/h3,6-11,13,15-16,31H,2,4-5,12H2,1H3,(H2,26,27,28). The summed E-state index contributed by atoms with van der Waals surface area (Å²) in [6.07, 6.45) is 4.34. The van der Waals surface area contributed by atoms with Crippen molar-refractivity contribution < 1.29 is 19.0 Å². The number of halogens is 1. The van der Waals surface area contributed by atoms with Crippen LogP contribution >= 0.6 is 0 Å². The lowest BCUT2D eigenvalue weighted by Crippen LogP contribution is -2.23. The molecule has 0 radical (unpaired) electrons. The van der Waals surface area contributed by atoms with Crippen molar-refractivity contribution in [3.63, 3.8) is 0 Å². The Labute approximate surface area is 189 Å². The van der Waals surface area contributed by atoms with Crippen LogP contribution in [-0.2, 0) is 0 Å². The third-order valence-electron chi connectivity index (χ3n) is 5.99. The van der Waals surface area contributed by atoms with Crippen LogP contribution in [0.1, 0.15) is 31.7 Å². The maximum atomic E-state index is 14.4. The van der Waals surface area contributed by atoms with E-state index in [0.717, 1.165) is 24.8 Å². The van der Waals surface area contributed by atoms with Gasteiger partial charge in [0.25, 0.3) is 0 Å². The second-order valence-corrected chi connectivity index (χ2v) is 8.12. The molecule has 8 nitrogen and oxygen atoms in total. The highest BCUT2D eigenvalue weighted by Crippen LogP contribution is 2.37. The first kappa shape index (κ1) is 21.1. The Balaban J connectivity index is 1.49. The first-order valence-corrected chi connectivity index (χ1v) is 10.8. The summed E-state index contributed by atoms with van der Waals surface area (Å²) in [6, 6.07) is 11.9. The van der Waals surface area contributed by atoms with Crippen molar-refractivity contribution in [2.45, 2.75) is 37.8 Å². The van der Waals surface area contributed by atoms with Crippen LogP contribution in [-0.4, -0.2) is 38.1 Å². The minimum absolute atomic E-state index is 0.0398. The molecule has 2 heterocycles. The Hall–Kier alpha value is -3.72. The Morgan fingerprint density at radius 2 is 1.88 bits per heavy atom. The quantitative estimate of drug-likeness (QED) is 0.462. The first-order valence-electron chi connectivity index (χ1n) is 10.8. The number of hydrogen-bond donors (Lipinski definition) is 2. The van der Waals surface area contributed by atoms with Crippen LogP contribution in [0, 0.1) is 5.82 Å². The Morgan fingerprint density at radius 3 is 2.64 bits per heavy atom. The van der Waals surface area contributed by atoms with Crippen molar-refractivity contribution in [3.8, 4) is 28.5 Å². The van der Waals surface area contributed by atoms with Gasteiger partial charge in [0, 0.05) is 5.56 Å². The average Bonchev–Trinajstić information content (AvgIpc) is 3.22. The van der Waals surface area contributed by atoms with Gasteiger partial charge in [0.2, 0.25) is 5.82 Å². The number of aliphatic hydroxyl groups excluding tert-OH is 1. The van der Waals surface area contributed by atoms with E-state index in [4.69, 9.17) is 20.3 Å². The molecule has 33 heavy (non-hydrogen) atoms. The normalized spacial score (nSPS) is 18.4. The summed E-state index contributed by atoms with van der Waals surface area (Å²) < 4.78 is 27.0. The van der Waals surface area contributed by atoms with Gasteiger partial charge in [0.15, 0.2) is 17.1 Å². The molecule has 0 saturated heterocycles. The molecule has 1 aliphatic rings. The van der Waals surface area contributed by atoms with Crippen molar-refractivity contribution in [3.05, 3.63) is 54.6 Å². The van der Waals surface area contributed by atoms with Crippen LogP contribution < -0.4 is 15.2 Å². The summed E-state index contributed by atoms with van der Waals surface area (Å²) in [4.78, 5) is 8.59. The molecule has 0 aliphatic heterocycles. The molecule has 5 rings (SSSR count).